The predicted molar refractivity (Wildman–Crippen MR) is 123 cm³/mol. The van der Waals surface area contributed by atoms with Gasteiger partial charge in [0, 0.05) is 16.0 Å². The second kappa shape index (κ2) is 7.78. The van der Waals surface area contributed by atoms with Crippen LogP contribution in [0.1, 0.15) is 70.5 Å². The van der Waals surface area contributed by atoms with Crippen LogP contribution >= 0.6 is 11.3 Å². The molecule has 1 unspecified atom stereocenters. The molecule has 0 saturated carbocycles. The number of aromatic nitrogens is 4. The lowest BCUT2D eigenvalue weighted by Crippen LogP contribution is -2.10. The molecule has 1 atom stereocenters. The molecule has 4 heterocycles. The molecule has 0 spiro atoms. The first kappa shape index (κ1) is 20.8. The van der Waals surface area contributed by atoms with Crippen LogP contribution in [0.4, 0.5) is 4.39 Å². The third-order valence-electron chi connectivity index (χ3n) is 5.99. The zero-order chi connectivity index (χ0) is 22.6. The summed E-state index contributed by atoms with van der Waals surface area (Å²) in [6, 6.07) is 5.07. The number of hydrogen-bond acceptors (Lipinski definition) is 6. The number of oxazole rings is 1. The summed E-state index contributed by atoms with van der Waals surface area (Å²) >= 11 is 1.68. The highest BCUT2D eigenvalue weighted by Crippen LogP contribution is 2.39. The lowest BCUT2D eigenvalue weighted by atomic mass is 9.95. The maximum absolute atomic E-state index is 15.0. The van der Waals surface area contributed by atoms with Gasteiger partial charge in [0.2, 0.25) is 0 Å². The molecule has 1 aliphatic heterocycles. The molecule has 0 aliphatic carbocycles. The molecule has 0 saturated heterocycles. The van der Waals surface area contributed by atoms with Gasteiger partial charge in [-0.2, -0.15) is 0 Å². The van der Waals surface area contributed by atoms with Gasteiger partial charge in [-0.05, 0) is 43.9 Å². The Morgan fingerprint density at radius 2 is 2.00 bits per heavy atom. The Hall–Kier alpha value is -3.13. The van der Waals surface area contributed by atoms with E-state index in [9.17, 15) is 0 Å². The maximum atomic E-state index is 15.0. The van der Waals surface area contributed by atoms with Crippen molar-refractivity contribution in [3.8, 4) is 5.00 Å². The average Bonchev–Trinajstić information content (AvgIpc) is 3.44. The van der Waals surface area contributed by atoms with E-state index in [-0.39, 0.29) is 17.8 Å². The molecule has 6 nitrogen and oxygen atoms in total. The molecule has 0 fully saturated rings. The second-order valence-electron chi connectivity index (χ2n) is 8.42. The van der Waals surface area contributed by atoms with Crippen molar-refractivity contribution in [1.29, 1.82) is 0 Å². The Kier molecular flexibility index (Phi) is 5.04. The first-order valence-corrected chi connectivity index (χ1v) is 11.5. The normalized spacial score (nSPS) is 15.5. The van der Waals surface area contributed by atoms with Crippen LogP contribution in [0.3, 0.4) is 0 Å². The third kappa shape index (κ3) is 3.30. The van der Waals surface area contributed by atoms with E-state index in [0.29, 0.717) is 17.9 Å². The molecule has 164 valence electrons. The topological polar surface area (TPSA) is 69.1 Å². The SMILES string of the molecule is Cc1sc2c(c1C)C(c1ccc(C(C)C)c(F)c1)=NC(Cc1ncco1)c1nnc(C)n1-2. The Labute approximate surface area is 189 Å². The van der Waals surface area contributed by atoms with Crippen LogP contribution in [0, 0.1) is 26.6 Å². The number of halogens is 1. The van der Waals surface area contributed by atoms with E-state index in [1.807, 2.05) is 32.9 Å². The van der Waals surface area contributed by atoms with Crippen molar-refractivity contribution in [2.75, 3.05) is 0 Å². The van der Waals surface area contributed by atoms with Gasteiger partial charge in [-0.15, -0.1) is 21.5 Å². The summed E-state index contributed by atoms with van der Waals surface area (Å²) in [4.78, 5) is 10.6. The number of hydrogen-bond donors (Lipinski definition) is 0. The van der Waals surface area contributed by atoms with Gasteiger partial charge in [-0.1, -0.05) is 26.0 Å². The highest BCUT2D eigenvalue weighted by molar-refractivity contribution is 7.15. The second-order valence-corrected chi connectivity index (χ2v) is 9.62. The Morgan fingerprint density at radius 3 is 2.69 bits per heavy atom. The van der Waals surface area contributed by atoms with Gasteiger partial charge in [0.05, 0.1) is 18.3 Å². The summed E-state index contributed by atoms with van der Waals surface area (Å²) in [5.41, 5.74) is 4.35. The summed E-state index contributed by atoms with van der Waals surface area (Å²) in [6.45, 7) is 10.1. The van der Waals surface area contributed by atoms with E-state index in [1.54, 1.807) is 29.9 Å². The molecule has 32 heavy (non-hydrogen) atoms. The summed E-state index contributed by atoms with van der Waals surface area (Å²) < 4.78 is 22.6. The lowest BCUT2D eigenvalue weighted by Gasteiger charge is -2.13. The highest BCUT2D eigenvalue weighted by atomic mass is 32.1. The molecule has 8 heteroatoms. The molecule has 0 radical (unpaired) electrons. The molecule has 1 aromatic carbocycles. The van der Waals surface area contributed by atoms with Crippen LogP contribution in [0.15, 0.2) is 40.1 Å². The Balaban J connectivity index is 1.76. The van der Waals surface area contributed by atoms with Crippen molar-refractivity contribution >= 4 is 17.0 Å². The molecule has 0 bridgehead atoms. The minimum Gasteiger partial charge on any atom is -0.449 e. The van der Waals surface area contributed by atoms with Crippen molar-refractivity contribution in [3.05, 3.63) is 81.1 Å². The Bertz CT molecular complexity index is 1330. The van der Waals surface area contributed by atoms with Crippen LogP contribution < -0.4 is 0 Å². The lowest BCUT2D eigenvalue weighted by molar-refractivity contribution is 0.467. The number of rotatable bonds is 4. The zero-order valence-corrected chi connectivity index (χ0v) is 19.5. The monoisotopic (exact) mass is 449 g/mol. The van der Waals surface area contributed by atoms with Gasteiger partial charge in [0.25, 0.3) is 0 Å². The van der Waals surface area contributed by atoms with Gasteiger partial charge in [-0.25, -0.2) is 9.37 Å². The number of nitrogens with zero attached hydrogens (tertiary/aromatic N) is 5. The standard InChI is InChI=1S/C24H24FN5OS/c1-12(2)17-7-6-16(10-18(17)25)22-21-13(3)14(4)32-24(21)30-15(5)28-29-23(30)19(27-22)11-20-26-8-9-31-20/h6-10,12,19H,11H2,1-5H3. The van der Waals surface area contributed by atoms with Crippen LogP contribution in [0.5, 0.6) is 0 Å². The van der Waals surface area contributed by atoms with E-state index in [1.165, 1.54) is 4.88 Å². The molecule has 0 amide bonds. The van der Waals surface area contributed by atoms with Crippen LogP contribution in [0.2, 0.25) is 0 Å². The fourth-order valence-electron chi connectivity index (χ4n) is 4.19. The van der Waals surface area contributed by atoms with Gasteiger partial charge < -0.3 is 4.42 Å². The van der Waals surface area contributed by atoms with E-state index < -0.39 is 0 Å². The molecule has 3 aromatic heterocycles. The van der Waals surface area contributed by atoms with E-state index in [4.69, 9.17) is 9.41 Å². The van der Waals surface area contributed by atoms with Gasteiger partial charge in [0.15, 0.2) is 11.7 Å². The number of thiophene rings is 1. The van der Waals surface area contributed by atoms with Crippen molar-refractivity contribution in [2.45, 2.75) is 53.0 Å². The fraction of sp³-hybridized carbons (Fsp3) is 0.333. The number of aryl methyl sites for hydroxylation is 2. The van der Waals surface area contributed by atoms with Crippen molar-refractivity contribution in [2.24, 2.45) is 4.99 Å². The zero-order valence-electron chi connectivity index (χ0n) is 18.7. The van der Waals surface area contributed by atoms with Crippen molar-refractivity contribution in [1.82, 2.24) is 19.7 Å². The van der Waals surface area contributed by atoms with E-state index in [2.05, 4.69) is 33.6 Å². The minimum absolute atomic E-state index is 0.109. The summed E-state index contributed by atoms with van der Waals surface area (Å²) in [6.07, 6.45) is 3.61. The highest BCUT2D eigenvalue weighted by Gasteiger charge is 2.32. The number of aliphatic imine (C=N–C) groups is 1. The molecule has 0 N–H and O–H groups in total. The van der Waals surface area contributed by atoms with Crippen LogP contribution in [0.25, 0.3) is 5.00 Å². The van der Waals surface area contributed by atoms with E-state index >= 15 is 4.39 Å². The quantitative estimate of drug-likeness (QED) is 0.404. The smallest absolute Gasteiger partial charge is 0.196 e. The fourth-order valence-corrected chi connectivity index (χ4v) is 5.40. The van der Waals surface area contributed by atoms with Crippen molar-refractivity contribution in [3.63, 3.8) is 0 Å². The Morgan fingerprint density at radius 1 is 1.19 bits per heavy atom. The number of fused-ring (bicyclic) bond motifs is 3. The van der Waals surface area contributed by atoms with Crippen LogP contribution in [-0.4, -0.2) is 25.5 Å². The largest absolute Gasteiger partial charge is 0.449 e. The molecule has 1 aliphatic rings. The van der Waals surface area contributed by atoms with E-state index in [0.717, 1.165) is 39.1 Å². The first-order valence-electron chi connectivity index (χ1n) is 10.6. The number of benzene rings is 1. The summed E-state index contributed by atoms with van der Waals surface area (Å²) in [7, 11) is 0. The molecular weight excluding hydrogens is 425 g/mol. The molecular formula is C24H24FN5OS. The summed E-state index contributed by atoms with van der Waals surface area (Å²) in [5, 5.41) is 9.82. The van der Waals surface area contributed by atoms with Gasteiger partial charge in [0.1, 0.15) is 28.9 Å². The molecule has 4 aromatic rings. The van der Waals surface area contributed by atoms with Crippen molar-refractivity contribution < 1.29 is 8.81 Å². The van der Waals surface area contributed by atoms with Crippen LogP contribution in [-0.2, 0) is 6.42 Å². The maximum Gasteiger partial charge on any atom is 0.196 e. The minimum atomic E-state index is -0.364. The first-order chi connectivity index (χ1) is 15.3. The van der Waals surface area contributed by atoms with Gasteiger partial charge >= 0.3 is 0 Å². The predicted octanol–water partition coefficient (Wildman–Crippen LogP) is 5.64. The molecule has 5 rings (SSSR count). The third-order valence-corrected chi connectivity index (χ3v) is 7.18. The van der Waals surface area contributed by atoms with Gasteiger partial charge in [-0.3, -0.25) is 9.56 Å². The summed E-state index contributed by atoms with van der Waals surface area (Å²) in [5.74, 6) is 1.99. The average molecular weight is 450 g/mol.